The predicted octanol–water partition coefficient (Wildman–Crippen LogP) is 2.28. The highest BCUT2D eigenvalue weighted by Gasteiger charge is 2.52. The maximum absolute atomic E-state index is 12.5. The van der Waals surface area contributed by atoms with Gasteiger partial charge in [0.2, 0.25) is 5.05 Å². The lowest BCUT2D eigenvalue weighted by molar-refractivity contribution is -0.161. The highest BCUT2D eigenvalue weighted by molar-refractivity contribution is 7.80. The summed E-state index contributed by atoms with van der Waals surface area (Å²) in [7, 11) is 1.40. The second-order valence-corrected chi connectivity index (χ2v) is 7.06. The molecule has 0 unspecified atom stereocenters. The number of aromatic amines is 1. The molecule has 1 N–H and O–H groups in total. The van der Waals surface area contributed by atoms with Crippen LogP contribution >= 0.6 is 12.2 Å². The lowest BCUT2D eigenvalue weighted by Crippen LogP contribution is -2.51. The maximum Gasteiger partial charge on any atom is 0.309 e. The molecule has 0 bridgehead atoms. The Kier molecular flexibility index (Phi) is 4.99. The highest BCUT2D eigenvalue weighted by atomic mass is 32.1. The number of carbonyl (C=O) groups is 2. The van der Waals surface area contributed by atoms with E-state index in [0.29, 0.717) is 12.2 Å². The number of fused-ring (bicyclic) bond motifs is 1. The smallest absolute Gasteiger partial charge is 0.309 e. The lowest BCUT2D eigenvalue weighted by atomic mass is 9.60. The van der Waals surface area contributed by atoms with E-state index in [4.69, 9.17) is 21.7 Å². The van der Waals surface area contributed by atoms with E-state index in [1.807, 2.05) is 6.92 Å². The number of methoxy groups -OCH3 is 1. The third kappa shape index (κ3) is 3.09. The van der Waals surface area contributed by atoms with Crippen LogP contribution in [0, 0.1) is 23.7 Å². The van der Waals surface area contributed by atoms with E-state index in [-0.39, 0.29) is 46.6 Å². The lowest BCUT2D eigenvalue weighted by Gasteiger charge is -2.45. The summed E-state index contributed by atoms with van der Waals surface area (Å²) >= 11 is 5.32. The number of hydrogen-bond donors (Lipinski definition) is 1. The zero-order chi connectivity index (χ0) is 17.3. The molecule has 0 radical (unpaired) electrons. The van der Waals surface area contributed by atoms with Crippen LogP contribution in [0.2, 0.25) is 0 Å². The molecule has 3 rings (SSSR count). The number of nitrogens with zero attached hydrogens (tertiary/aromatic N) is 1. The van der Waals surface area contributed by atoms with Crippen LogP contribution in [0.1, 0.15) is 38.4 Å². The standard InChI is InChI=1S/C17H22N2O4S/c1-9-8-11(20)10-4-3-5-12(14(10)13(9)16(21)22-2)23-17(24)15-18-6-7-19-15/h6-7,9-10,12-14H,3-5,8H2,1-2H3,(H,18,19)/t9-,10+,12+,13+,14+/m1/s1. The molecule has 1 aromatic heterocycles. The number of rotatable bonds is 3. The summed E-state index contributed by atoms with van der Waals surface area (Å²) < 4.78 is 11.0. The molecule has 0 spiro atoms. The third-order valence-corrected chi connectivity index (χ3v) is 5.58. The summed E-state index contributed by atoms with van der Waals surface area (Å²) in [5.74, 6) is -0.250. The summed E-state index contributed by atoms with van der Waals surface area (Å²) in [5.41, 5.74) is 0. The molecule has 2 aliphatic carbocycles. The van der Waals surface area contributed by atoms with Crippen molar-refractivity contribution >= 4 is 29.0 Å². The highest BCUT2D eigenvalue weighted by Crippen LogP contribution is 2.46. The van der Waals surface area contributed by atoms with Crippen molar-refractivity contribution in [3.63, 3.8) is 0 Å². The summed E-state index contributed by atoms with van der Waals surface area (Å²) in [6.07, 6.45) is 5.91. The number of hydrogen-bond acceptors (Lipinski definition) is 6. The number of thiocarbonyl (C=S) groups is 1. The van der Waals surface area contributed by atoms with Crippen molar-refractivity contribution in [2.24, 2.45) is 23.7 Å². The minimum absolute atomic E-state index is 0.0485. The van der Waals surface area contributed by atoms with Gasteiger partial charge in [-0.25, -0.2) is 4.98 Å². The van der Waals surface area contributed by atoms with E-state index in [9.17, 15) is 9.59 Å². The van der Waals surface area contributed by atoms with Gasteiger partial charge in [-0.1, -0.05) is 6.92 Å². The van der Waals surface area contributed by atoms with E-state index in [1.54, 1.807) is 12.4 Å². The number of esters is 1. The van der Waals surface area contributed by atoms with Crippen molar-refractivity contribution in [2.75, 3.05) is 7.11 Å². The number of nitrogens with one attached hydrogen (secondary N) is 1. The first kappa shape index (κ1) is 17.1. The van der Waals surface area contributed by atoms with E-state index < -0.39 is 0 Å². The van der Waals surface area contributed by atoms with Crippen molar-refractivity contribution in [1.29, 1.82) is 0 Å². The average Bonchev–Trinajstić information content (AvgIpc) is 3.09. The molecule has 1 aromatic rings. The normalized spacial score (nSPS) is 32.8. The van der Waals surface area contributed by atoms with Gasteiger partial charge in [-0.3, -0.25) is 9.59 Å². The third-order valence-electron chi connectivity index (χ3n) is 5.29. The molecule has 2 aliphatic rings. The molecular formula is C17H22N2O4S. The average molecular weight is 350 g/mol. The molecule has 6 nitrogen and oxygen atoms in total. The fourth-order valence-corrected chi connectivity index (χ4v) is 4.48. The van der Waals surface area contributed by atoms with Crippen molar-refractivity contribution in [2.45, 2.75) is 38.7 Å². The first-order valence-corrected chi connectivity index (χ1v) is 8.74. The fraction of sp³-hybridized carbons (Fsp3) is 0.647. The zero-order valence-corrected chi connectivity index (χ0v) is 14.7. The van der Waals surface area contributed by atoms with Crippen LogP contribution in [0.25, 0.3) is 0 Å². The Morgan fingerprint density at radius 1 is 1.42 bits per heavy atom. The van der Waals surface area contributed by atoms with Gasteiger partial charge in [-0.05, 0) is 37.4 Å². The molecule has 130 valence electrons. The first-order valence-electron chi connectivity index (χ1n) is 8.33. The van der Waals surface area contributed by atoms with Crippen LogP contribution in [0.3, 0.4) is 0 Å². The van der Waals surface area contributed by atoms with Crippen molar-refractivity contribution < 1.29 is 19.1 Å². The number of ketones is 1. The molecule has 5 atom stereocenters. The molecule has 7 heteroatoms. The molecule has 0 aromatic carbocycles. The second kappa shape index (κ2) is 7.01. The number of ether oxygens (including phenoxy) is 2. The molecule has 2 saturated carbocycles. The van der Waals surface area contributed by atoms with Crippen LogP contribution in [-0.2, 0) is 19.1 Å². The Labute approximate surface area is 146 Å². The van der Waals surface area contributed by atoms with E-state index >= 15 is 0 Å². The number of imidazole rings is 1. The summed E-state index contributed by atoms with van der Waals surface area (Å²) in [4.78, 5) is 31.9. The maximum atomic E-state index is 12.5. The van der Waals surface area contributed by atoms with Gasteiger partial charge in [-0.2, -0.15) is 0 Å². The van der Waals surface area contributed by atoms with Gasteiger partial charge in [0.15, 0.2) is 5.82 Å². The van der Waals surface area contributed by atoms with Gasteiger partial charge in [0.05, 0.1) is 13.0 Å². The largest absolute Gasteiger partial charge is 0.477 e. The van der Waals surface area contributed by atoms with Gasteiger partial charge in [-0.15, -0.1) is 0 Å². The van der Waals surface area contributed by atoms with Gasteiger partial charge in [0.1, 0.15) is 11.9 Å². The Morgan fingerprint density at radius 2 is 2.21 bits per heavy atom. The van der Waals surface area contributed by atoms with Crippen molar-refractivity contribution in [1.82, 2.24) is 9.97 Å². The van der Waals surface area contributed by atoms with Crippen LogP contribution in [0.5, 0.6) is 0 Å². The number of H-pyrrole nitrogens is 1. The molecule has 24 heavy (non-hydrogen) atoms. The Balaban J connectivity index is 1.86. The summed E-state index contributed by atoms with van der Waals surface area (Å²) in [6, 6.07) is 0. The second-order valence-electron chi connectivity index (χ2n) is 6.69. The van der Waals surface area contributed by atoms with Gasteiger partial charge >= 0.3 is 5.97 Å². The minimum atomic E-state index is -0.331. The fourth-order valence-electron chi connectivity index (χ4n) is 4.25. The Hall–Kier alpha value is -1.76. The van der Waals surface area contributed by atoms with Gasteiger partial charge < -0.3 is 14.5 Å². The van der Waals surface area contributed by atoms with Crippen LogP contribution in [-0.4, -0.2) is 40.0 Å². The molecule has 0 aliphatic heterocycles. The first-order chi connectivity index (χ1) is 11.5. The van der Waals surface area contributed by atoms with Crippen molar-refractivity contribution in [3.05, 3.63) is 18.2 Å². The van der Waals surface area contributed by atoms with Crippen molar-refractivity contribution in [3.8, 4) is 0 Å². The summed E-state index contributed by atoms with van der Waals surface area (Å²) in [5, 5.41) is 0.278. The Bertz CT molecular complexity index is 631. The number of carbonyl (C=O) groups excluding carboxylic acids is 2. The topological polar surface area (TPSA) is 81.3 Å². The molecule has 1 heterocycles. The van der Waals surface area contributed by atoms with Crippen LogP contribution < -0.4 is 0 Å². The van der Waals surface area contributed by atoms with Crippen LogP contribution in [0.15, 0.2) is 12.4 Å². The molecular weight excluding hydrogens is 328 g/mol. The Morgan fingerprint density at radius 3 is 2.88 bits per heavy atom. The monoisotopic (exact) mass is 350 g/mol. The number of aromatic nitrogens is 2. The van der Waals surface area contributed by atoms with Crippen LogP contribution in [0.4, 0.5) is 0 Å². The van der Waals surface area contributed by atoms with E-state index in [2.05, 4.69) is 9.97 Å². The minimum Gasteiger partial charge on any atom is -0.477 e. The molecule has 0 saturated heterocycles. The van der Waals surface area contributed by atoms with Gasteiger partial charge in [0.25, 0.3) is 0 Å². The van der Waals surface area contributed by atoms with E-state index in [1.165, 1.54) is 7.11 Å². The van der Waals surface area contributed by atoms with E-state index in [0.717, 1.165) is 19.3 Å². The SMILES string of the molecule is COC(=O)[C@@H]1[C@@H]2[C@@H](OC(=S)c3ncc[nH]3)CCC[C@H]2C(=O)C[C@H]1C. The zero-order valence-electron chi connectivity index (χ0n) is 13.9. The predicted molar refractivity (Wildman–Crippen MR) is 90.3 cm³/mol. The molecule has 2 fully saturated rings. The van der Waals surface area contributed by atoms with Gasteiger partial charge in [0, 0.05) is 30.7 Å². The number of Topliss-reactive ketones (excluding diaryl/α,β-unsaturated/α-hetero) is 1. The molecule has 0 amide bonds. The summed E-state index contributed by atoms with van der Waals surface area (Å²) in [6.45, 7) is 1.94. The quantitative estimate of drug-likeness (QED) is 0.665.